The molecule has 182 valence electrons. The van der Waals surface area contributed by atoms with Crippen LogP contribution in [0.5, 0.6) is 11.5 Å². The Morgan fingerprint density at radius 3 is 2.29 bits per heavy atom. The summed E-state index contributed by atoms with van der Waals surface area (Å²) in [6, 6.07) is 25.8. The fourth-order valence-electron chi connectivity index (χ4n) is 5.91. The van der Waals surface area contributed by atoms with Crippen LogP contribution in [0.4, 0.5) is 0 Å². The van der Waals surface area contributed by atoms with Crippen molar-refractivity contribution in [2.75, 3.05) is 26.2 Å². The normalized spacial score (nSPS) is 18.8. The van der Waals surface area contributed by atoms with Crippen LogP contribution >= 0.6 is 0 Å². The molecule has 0 radical (unpaired) electrons. The van der Waals surface area contributed by atoms with E-state index in [1.54, 1.807) is 0 Å². The van der Waals surface area contributed by atoms with Gasteiger partial charge in [-0.2, -0.15) is 0 Å². The molecule has 2 aliphatic rings. The Morgan fingerprint density at radius 1 is 0.914 bits per heavy atom. The Bertz CT molecular complexity index is 1160. The van der Waals surface area contributed by atoms with Gasteiger partial charge in [0.2, 0.25) is 0 Å². The molecule has 0 bridgehead atoms. The summed E-state index contributed by atoms with van der Waals surface area (Å²) in [4.78, 5) is 17.5. The molecule has 2 atom stereocenters. The van der Waals surface area contributed by atoms with E-state index in [-0.39, 0.29) is 5.91 Å². The summed E-state index contributed by atoms with van der Waals surface area (Å²) in [5, 5.41) is 0. The molecule has 3 aromatic carbocycles. The number of para-hydroxylation sites is 1. The Morgan fingerprint density at radius 2 is 1.57 bits per heavy atom. The number of hydrogen-bond donors (Lipinski definition) is 0. The first-order valence-electron chi connectivity index (χ1n) is 13.1. The minimum Gasteiger partial charge on any atom is -0.457 e. The minimum atomic E-state index is 0.0695. The summed E-state index contributed by atoms with van der Waals surface area (Å²) in [7, 11) is 0. The molecule has 4 nitrogen and oxygen atoms in total. The van der Waals surface area contributed by atoms with E-state index in [9.17, 15) is 4.79 Å². The number of piperidine rings is 1. The SMILES string of the molecule is CCN(CC)C(=O)c1ccc2c(c1)Oc1ccccc1C2C1CCN(C(C)c2ccccc2)CC1. The molecular formula is C31H36N2O2. The maximum absolute atomic E-state index is 13.0. The molecule has 0 saturated carbocycles. The molecule has 0 N–H and O–H groups in total. The van der Waals surface area contributed by atoms with Crippen LogP contribution in [-0.4, -0.2) is 41.9 Å². The third-order valence-corrected chi connectivity index (χ3v) is 8.00. The highest BCUT2D eigenvalue weighted by atomic mass is 16.5. The summed E-state index contributed by atoms with van der Waals surface area (Å²) in [5.74, 6) is 2.67. The van der Waals surface area contributed by atoms with Crippen LogP contribution in [0.3, 0.4) is 0 Å². The van der Waals surface area contributed by atoms with Crippen molar-refractivity contribution in [1.29, 1.82) is 0 Å². The van der Waals surface area contributed by atoms with Gasteiger partial charge in [-0.3, -0.25) is 9.69 Å². The second kappa shape index (κ2) is 10.2. The first-order valence-corrected chi connectivity index (χ1v) is 13.1. The molecule has 0 aliphatic carbocycles. The monoisotopic (exact) mass is 468 g/mol. The van der Waals surface area contributed by atoms with Crippen LogP contribution in [-0.2, 0) is 0 Å². The number of nitrogens with zero attached hydrogens (tertiary/aromatic N) is 2. The number of hydrogen-bond acceptors (Lipinski definition) is 3. The van der Waals surface area contributed by atoms with Crippen LogP contribution in [0.1, 0.15) is 72.6 Å². The Hall–Kier alpha value is -3.11. The minimum absolute atomic E-state index is 0.0695. The Balaban J connectivity index is 1.40. The maximum Gasteiger partial charge on any atom is 0.253 e. The summed E-state index contributed by atoms with van der Waals surface area (Å²) in [5.41, 5.74) is 4.59. The number of fused-ring (bicyclic) bond motifs is 2. The van der Waals surface area contributed by atoms with Crippen molar-refractivity contribution in [2.24, 2.45) is 5.92 Å². The van der Waals surface area contributed by atoms with E-state index in [0.29, 0.717) is 36.5 Å². The molecule has 5 rings (SSSR count). The van der Waals surface area contributed by atoms with Crippen molar-refractivity contribution >= 4 is 5.91 Å². The van der Waals surface area contributed by atoms with Gasteiger partial charge in [-0.25, -0.2) is 0 Å². The van der Waals surface area contributed by atoms with E-state index in [1.165, 1.54) is 16.7 Å². The van der Waals surface area contributed by atoms with Gasteiger partial charge in [0.25, 0.3) is 5.91 Å². The molecule has 35 heavy (non-hydrogen) atoms. The molecular weight excluding hydrogens is 432 g/mol. The summed E-state index contributed by atoms with van der Waals surface area (Å²) in [6.07, 6.45) is 2.30. The standard InChI is InChI=1S/C31H36N2O2/c1-4-32(5-2)31(34)25-15-16-27-29(21-25)35-28-14-10-9-13-26(28)30(27)24-17-19-33(20-18-24)22(3)23-11-7-6-8-12-23/h6-16,21-22,24,30H,4-5,17-20H2,1-3H3. The number of rotatable bonds is 6. The summed E-state index contributed by atoms with van der Waals surface area (Å²) in [6.45, 7) is 9.96. The van der Waals surface area contributed by atoms with Crippen LogP contribution in [0, 0.1) is 5.92 Å². The van der Waals surface area contributed by atoms with Gasteiger partial charge in [0.1, 0.15) is 11.5 Å². The molecule has 4 heteroatoms. The molecule has 1 fully saturated rings. The fraction of sp³-hybridized carbons (Fsp3) is 0.387. The van der Waals surface area contributed by atoms with Crippen molar-refractivity contribution in [3.05, 3.63) is 95.1 Å². The van der Waals surface area contributed by atoms with E-state index in [1.807, 2.05) is 36.9 Å². The number of amides is 1. The van der Waals surface area contributed by atoms with Gasteiger partial charge in [-0.1, -0.05) is 54.6 Å². The zero-order valence-corrected chi connectivity index (χ0v) is 21.1. The number of likely N-dealkylation sites (tertiary alicyclic amines) is 1. The van der Waals surface area contributed by atoms with Gasteiger partial charge in [0.05, 0.1) is 0 Å². The highest BCUT2D eigenvalue weighted by molar-refractivity contribution is 5.95. The summed E-state index contributed by atoms with van der Waals surface area (Å²) < 4.78 is 6.37. The zero-order valence-electron chi connectivity index (χ0n) is 21.1. The molecule has 2 heterocycles. The lowest BCUT2D eigenvalue weighted by Crippen LogP contribution is -2.38. The third-order valence-electron chi connectivity index (χ3n) is 8.00. The van der Waals surface area contributed by atoms with Crippen LogP contribution in [0.25, 0.3) is 0 Å². The van der Waals surface area contributed by atoms with Crippen molar-refractivity contribution in [3.63, 3.8) is 0 Å². The Kier molecular flexibility index (Phi) is 6.92. The number of benzene rings is 3. The highest BCUT2D eigenvalue weighted by Gasteiger charge is 2.36. The van der Waals surface area contributed by atoms with Gasteiger partial charge in [-0.15, -0.1) is 0 Å². The van der Waals surface area contributed by atoms with E-state index in [0.717, 1.165) is 37.4 Å². The zero-order chi connectivity index (χ0) is 24.4. The topological polar surface area (TPSA) is 32.8 Å². The van der Waals surface area contributed by atoms with E-state index < -0.39 is 0 Å². The lowest BCUT2D eigenvalue weighted by molar-refractivity contribution is 0.0772. The van der Waals surface area contributed by atoms with Crippen molar-refractivity contribution in [3.8, 4) is 11.5 Å². The molecule has 2 unspecified atom stereocenters. The number of ether oxygens (including phenoxy) is 1. The predicted octanol–water partition coefficient (Wildman–Crippen LogP) is 6.88. The quantitative estimate of drug-likeness (QED) is 0.395. The highest BCUT2D eigenvalue weighted by Crippen LogP contribution is 2.50. The smallest absolute Gasteiger partial charge is 0.253 e. The van der Waals surface area contributed by atoms with Gasteiger partial charge in [-0.05, 0) is 76.4 Å². The van der Waals surface area contributed by atoms with Crippen LogP contribution < -0.4 is 4.74 Å². The van der Waals surface area contributed by atoms with Crippen molar-refractivity contribution in [1.82, 2.24) is 9.80 Å². The lowest BCUT2D eigenvalue weighted by atomic mass is 9.74. The van der Waals surface area contributed by atoms with Gasteiger partial charge >= 0.3 is 0 Å². The lowest BCUT2D eigenvalue weighted by Gasteiger charge is -2.41. The van der Waals surface area contributed by atoms with Crippen LogP contribution in [0.2, 0.25) is 0 Å². The van der Waals surface area contributed by atoms with E-state index >= 15 is 0 Å². The fourth-order valence-corrected chi connectivity index (χ4v) is 5.91. The van der Waals surface area contributed by atoms with Gasteiger partial charge in [0, 0.05) is 41.7 Å². The predicted molar refractivity (Wildman–Crippen MR) is 141 cm³/mol. The van der Waals surface area contributed by atoms with Crippen molar-refractivity contribution < 1.29 is 9.53 Å². The van der Waals surface area contributed by atoms with Gasteiger partial charge < -0.3 is 9.64 Å². The second-order valence-electron chi connectivity index (χ2n) is 9.81. The molecule has 3 aromatic rings. The average molecular weight is 469 g/mol. The number of carbonyl (C=O) groups excluding carboxylic acids is 1. The average Bonchev–Trinajstić information content (AvgIpc) is 2.92. The first-order chi connectivity index (χ1) is 17.1. The Labute approximate surface area is 209 Å². The first kappa shape index (κ1) is 23.6. The second-order valence-corrected chi connectivity index (χ2v) is 9.81. The molecule has 0 spiro atoms. The molecule has 0 aromatic heterocycles. The maximum atomic E-state index is 13.0. The number of carbonyl (C=O) groups is 1. The third kappa shape index (κ3) is 4.60. The summed E-state index contributed by atoms with van der Waals surface area (Å²) >= 11 is 0. The van der Waals surface area contributed by atoms with Crippen LogP contribution in [0.15, 0.2) is 72.8 Å². The largest absolute Gasteiger partial charge is 0.457 e. The van der Waals surface area contributed by atoms with E-state index in [4.69, 9.17) is 4.74 Å². The molecule has 2 aliphatic heterocycles. The molecule has 1 amide bonds. The van der Waals surface area contributed by atoms with E-state index in [2.05, 4.69) is 66.4 Å². The molecule has 1 saturated heterocycles. The van der Waals surface area contributed by atoms with Crippen molar-refractivity contribution in [2.45, 2.75) is 45.6 Å². The van der Waals surface area contributed by atoms with Gasteiger partial charge in [0.15, 0.2) is 0 Å².